The van der Waals surface area contributed by atoms with Gasteiger partial charge in [0.05, 0.1) is 24.8 Å². The average molecular weight is 436 g/mol. The van der Waals surface area contributed by atoms with E-state index in [4.69, 9.17) is 0 Å². The molecular formula is C21H24F3N5S. The van der Waals surface area contributed by atoms with E-state index in [1.54, 1.807) is 16.0 Å². The lowest BCUT2D eigenvalue weighted by Gasteiger charge is -2.33. The quantitative estimate of drug-likeness (QED) is 0.586. The Balaban J connectivity index is 1.26. The average Bonchev–Trinajstić information content (AvgIpc) is 3.32. The summed E-state index contributed by atoms with van der Waals surface area (Å²) in [4.78, 5) is 9.38. The van der Waals surface area contributed by atoms with Gasteiger partial charge in [-0.2, -0.15) is 18.3 Å². The highest BCUT2D eigenvalue weighted by Crippen LogP contribution is 2.29. The minimum Gasteiger partial charge on any atom is -0.296 e. The highest BCUT2D eigenvalue weighted by molar-refractivity contribution is 7.09. The molecule has 0 saturated carbocycles. The summed E-state index contributed by atoms with van der Waals surface area (Å²) in [5, 5.41) is 7.63. The second-order valence-electron chi connectivity index (χ2n) is 7.68. The number of thiazole rings is 1. The van der Waals surface area contributed by atoms with Crippen molar-refractivity contribution in [2.24, 2.45) is 0 Å². The summed E-state index contributed by atoms with van der Waals surface area (Å²) >= 11 is 1.72. The number of benzene rings is 1. The molecule has 0 bridgehead atoms. The first-order valence-corrected chi connectivity index (χ1v) is 10.8. The van der Waals surface area contributed by atoms with Crippen molar-refractivity contribution in [3.8, 4) is 0 Å². The van der Waals surface area contributed by atoms with Crippen LogP contribution < -0.4 is 0 Å². The van der Waals surface area contributed by atoms with Gasteiger partial charge in [-0.05, 0) is 24.6 Å². The first kappa shape index (κ1) is 21.0. The number of hydrogen-bond donors (Lipinski definition) is 0. The van der Waals surface area contributed by atoms with Gasteiger partial charge in [-0.25, -0.2) is 4.98 Å². The zero-order valence-electron chi connectivity index (χ0n) is 16.8. The van der Waals surface area contributed by atoms with Gasteiger partial charge in [0.2, 0.25) is 0 Å². The molecule has 0 atom stereocenters. The van der Waals surface area contributed by atoms with Crippen LogP contribution in [-0.4, -0.2) is 50.7 Å². The van der Waals surface area contributed by atoms with Crippen molar-refractivity contribution in [1.29, 1.82) is 0 Å². The molecule has 1 fully saturated rings. The Bertz CT molecular complexity index is 956. The van der Waals surface area contributed by atoms with E-state index in [2.05, 4.69) is 25.3 Å². The smallest absolute Gasteiger partial charge is 0.296 e. The van der Waals surface area contributed by atoms with Crippen LogP contribution in [-0.2, 0) is 25.8 Å². The van der Waals surface area contributed by atoms with Crippen molar-refractivity contribution in [2.45, 2.75) is 32.7 Å². The van der Waals surface area contributed by atoms with Gasteiger partial charge in [0, 0.05) is 55.6 Å². The first-order valence-electron chi connectivity index (χ1n) is 9.88. The molecule has 1 aliphatic rings. The molecule has 0 N–H and O–H groups in total. The fraction of sp³-hybridized carbons (Fsp3) is 0.429. The van der Waals surface area contributed by atoms with Gasteiger partial charge in [0.1, 0.15) is 5.01 Å². The van der Waals surface area contributed by atoms with E-state index in [0.717, 1.165) is 68.2 Å². The van der Waals surface area contributed by atoms with E-state index in [0.29, 0.717) is 6.54 Å². The van der Waals surface area contributed by atoms with Crippen LogP contribution in [0.25, 0.3) is 0 Å². The number of nitrogens with zero attached hydrogens (tertiary/aromatic N) is 5. The molecule has 160 valence electrons. The largest absolute Gasteiger partial charge is 0.416 e. The molecule has 4 rings (SSSR count). The Morgan fingerprint density at radius 3 is 2.20 bits per heavy atom. The number of hydrogen-bond acceptors (Lipinski definition) is 5. The van der Waals surface area contributed by atoms with Gasteiger partial charge >= 0.3 is 6.18 Å². The molecular weight excluding hydrogens is 411 g/mol. The topological polar surface area (TPSA) is 37.2 Å². The molecule has 2 aromatic heterocycles. The van der Waals surface area contributed by atoms with Crippen LogP contribution in [0.4, 0.5) is 13.2 Å². The Morgan fingerprint density at radius 2 is 1.60 bits per heavy atom. The number of rotatable bonds is 6. The highest BCUT2D eigenvalue weighted by Gasteiger charge is 2.29. The molecule has 0 unspecified atom stereocenters. The summed E-state index contributed by atoms with van der Waals surface area (Å²) in [6.07, 6.45) is -0.488. The number of aryl methyl sites for hydroxylation is 1. The summed E-state index contributed by atoms with van der Waals surface area (Å²) < 4.78 is 39.8. The Labute approximate surface area is 177 Å². The van der Waals surface area contributed by atoms with Crippen molar-refractivity contribution < 1.29 is 13.2 Å². The number of halogens is 3. The predicted molar refractivity (Wildman–Crippen MR) is 110 cm³/mol. The SMILES string of the molecule is Cc1csc(CN2CCN(Cc3cnn(Cc4ccc(C(F)(F)F)cc4)c3)CC2)n1. The van der Waals surface area contributed by atoms with Crippen molar-refractivity contribution in [3.63, 3.8) is 0 Å². The third-order valence-electron chi connectivity index (χ3n) is 5.21. The third kappa shape index (κ3) is 5.47. The highest BCUT2D eigenvalue weighted by atomic mass is 32.1. The van der Waals surface area contributed by atoms with E-state index in [1.165, 1.54) is 17.1 Å². The maximum atomic E-state index is 12.7. The van der Waals surface area contributed by atoms with Gasteiger partial charge in [0.25, 0.3) is 0 Å². The molecule has 5 nitrogen and oxygen atoms in total. The zero-order valence-corrected chi connectivity index (χ0v) is 17.6. The van der Waals surface area contributed by atoms with Crippen LogP contribution in [0.2, 0.25) is 0 Å². The second-order valence-corrected chi connectivity index (χ2v) is 8.62. The zero-order chi connectivity index (χ0) is 21.1. The third-order valence-corrected chi connectivity index (χ3v) is 6.16. The van der Waals surface area contributed by atoms with E-state index in [1.807, 2.05) is 19.3 Å². The standard InChI is InChI=1S/C21H24F3N5S/c1-16-15-30-20(26-16)14-28-8-6-27(7-9-28)11-18-10-25-29(13-18)12-17-2-4-19(5-3-17)21(22,23)24/h2-5,10,13,15H,6-9,11-12,14H2,1H3. The van der Waals surface area contributed by atoms with Crippen LogP contribution in [0.1, 0.15) is 27.4 Å². The normalized spacial score (nSPS) is 16.3. The first-order chi connectivity index (χ1) is 14.3. The van der Waals surface area contributed by atoms with Crippen molar-refractivity contribution in [2.75, 3.05) is 26.2 Å². The monoisotopic (exact) mass is 435 g/mol. The molecule has 1 saturated heterocycles. The molecule has 0 aliphatic carbocycles. The summed E-state index contributed by atoms with van der Waals surface area (Å²) in [6, 6.07) is 5.25. The lowest BCUT2D eigenvalue weighted by atomic mass is 10.1. The van der Waals surface area contributed by atoms with Crippen LogP contribution in [0.3, 0.4) is 0 Å². The minimum atomic E-state index is -4.30. The molecule has 0 radical (unpaired) electrons. The molecule has 1 aromatic carbocycles. The van der Waals surface area contributed by atoms with Gasteiger partial charge in [0.15, 0.2) is 0 Å². The number of aromatic nitrogens is 3. The summed E-state index contributed by atoms with van der Waals surface area (Å²) in [5.41, 5.74) is 2.37. The fourth-order valence-electron chi connectivity index (χ4n) is 3.59. The number of piperazine rings is 1. The number of alkyl halides is 3. The van der Waals surface area contributed by atoms with E-state index < -0.39 is 11.7 Å². The Hall–Kier alpha value is -2.23. The summed E-state index contributed by atoms with van der Waals surface area (Å²) in [7, 11) is 0. The van der Waals surface area contributed by atoms with Crippen molar-refractivity contribution in [3.05, 3.63) is 69.4 Å². The Kier molecular flexibility index (Phi) is 6.21. The maximum Gasteiger partial charge on any atom is 0.416 e. The summed E-state index contributed by atoms with van der Waals surface area (Å²) in [6.45, 7) is 8.24. The Morgan fingerprint density at radius 1 is 0.933 bits per heavy atom. The minimum absolute atomic E-state index is 0.457. The molecule has 3 heterocycles. The molecule has 1 aliphatic heterocycles. The molecule has 9 heteroatoms. The van der Waals surface area contributed by atoms with Crippen molar-refractivity contribution in [1.82, 2.24) is 24.6 Å². The van der Waals surface area contributed by atoms with Crippen LogP contribution >= 0.6 is 11.3 Å². The predicted octanol–water partition coefficient (Wildman–Crippen LogP) is 4.03. The van der Waals surface area contributed by atoms with Gasteiger partial charge in [-0.3, -0.25) is 14.5 Å². The van der Waals surface area contributed by atoms with Gasteiger partial charge in [-0.1, -0.05) is 12.1 Å². The van der Waals surface area contributed by atoms with Crippen LogP contribution in [0.5, 0.6) is 0 Å². The summed E-state index contributed by atoms with van der Waals surface area (Å²) in [5.74, 6) is 0. The van der Waals surface area contributed by atoms with Crippen LogP contribution in [0.15, 0.2) is 42.0 Å². The molecule has 0 spiro atoms. The van der Waals surface area contributed by atoms with E-state index in [9.17, 15) is 13.2 Å². The van der Waals surface area contributed by atoms with Gasteiger partial charge < -0.3 is 0 Å². The van der Waals surface area contributed by atoms with Crippen molar-refractivity contribution >= 4 is 11.3 Å². The fourth-order valence-corrected chi connectivity index (χ4v) is 4.40. The second kappa shape index (κ2) is 8.87. The molecule has 30 heavy (non-hydrogen) atoms. The molecule has 3 aromatic rings. The van der Waals surface area contributed by atoms with E-state index in [-0.39, 0.29) is 0 Å². The molecule has 0 amide bonds. The van der Waals surface area contributed by atoms with Gasteiger partial charge in [-0.15, -0.1) is 11.3 Å². The van der Waals surface area contributed by atoms with E-state index >= 15 is 0 Å². The maximum absolute atomic E-state index is 12.7. The van der Waals surface area contributed by atoms with Crippen LogP contribution in [0, 0.1) is 6.92 Å². The lowest BCUT2D eigenvalue weighted by molar-refractivity contribution is -0.137. The lowest BCUT2D eigenvalue weighted by Crippen LogP contribution is -2.45.